The number of unbranched alkanes of at least 4 members (excludes halogenated alkanes) is 2. The standard InChI is InChI=1S/C25H38F2O6/c1-2-3-11-22(33-24-13-8-9-16-32-24)25(26,27)15-14-19-18(20(28)17-21(19)29)10-6-4-5-7-12-23(30)31/h4,6,14-15,18-20,22,24,28H,2-3,5,7-13,16-17H2,1H3,(H,30,31)/t18-,19-,20+,22?,24?/m1/s1. The number of carboxylic acids is 1. The van der Waals surface area contributed by atoms with E-state index in [2.05, 4.69) is 0 Å². The van der Waals surface area contributed by atoms with E-state index in [0.29, 0.717) is 38.7 Å². The molecule has 0 spiro atoms. The van der Waals surface area contributed by atoms with Crippen LogP contribution in [0.5, 0.6) is 0 Å². The molecule has 1 aliphatic heterocycles. The monoisotopic (exact) mass is 472 g/mol. The number of ketones is 1. The number of ether oxygens (including phenoxy) is 2. The molecule has 1 saturated carbocycles. The molecular weight excluding hydrogens is 434 g/mol. The first-order valence-electron chi connectivity index (χ1n) is 12.2. The molecule has 0 radical (unpaired) electrons. The van der Waals surface area contributed by atoms with Crippen LogP contribution in [-0.2, 0) is 19.1 Å². The minimum Gasteiger partial charge on any atom is -0.481 e. The first-order chi connectivity index (χ1) is 15.7. The summed E-state index contributed by atoms with van der Waals surface area (Å²) >= 11 is 0. The highest BCUT2D eigenvalue weighted by Gasteiger charge is 2.43. The van der Waals surface area contributed by atoms with Gasteiger partial charge in [0, 0.05) is 31.3 Å². The lowest BCUT2D eigenvalue weighted by Gasteiger charge is -2.31. The van der Waals surface area contributed by atoms with Gasteiger partial charge in [-0.2, -0.15) is 8.78 Å². The van der Waals surface area contributed by atoms with Crippen LogP contribution in [0.3, 0.4) is 0 Å². The number of Topliss-reactive ketones (excluding diaryl/α,β-unsaturated/α-hetero) is 1. The molecule has 188 valence electrons. The topological polar surface area (TPSA) is 93.1 Å². The van der Waals surface area contributed by atoms with Crippen molar-refractivity contribution in [3.8, 4) is 0 Å². The van der Waals surface area contributed by atoms with E-state index >= 15 is 8.78 Å². The van der Waals surface area contributed by atoms with Crippen molar-refractivity contribution in [2.75, 3.05) is 6.61 Å². The van der Waals surface area contributed by atoms with Gasteiger partial charge < -0.3 is 19.7 Å². The van der Waals surface area contributed by atoms with E-state index in [1.807, 2.05) is 13.0 Å². The molecule has 1 aliphatic carbocycles. The Balaban J connectivity index is 2.01. The van der Waals surface area contributed by atoms with Crippen LogP contribution in [-0.4, -0.2) is 53.0 Å². The summed E-state index contributed by atoms with van der Waals surface area (Å²) in [7, 11) is 0. The third-order valence-corrected chi connectivity index (χ3v) is 6.30. The van der Waals surface area contributed by atoms with Gasteiger partial charge in [-0.05, 0) is 51.0 Å². The first-order valence-corrected chi connectivity index (χ1v) is 12.2. The third-order valence-electron chi connectivity index (χ3n) is 6.30. The van der Waals surface area contributed by atoms with Gasteiger partial charge in [0.25, 0.3) is 5.92 Å². The van der Waals surface area contributed by atoms with Crippen LogP contribution < -0.4 is 0 Å². The number of rotatable bonds is 14. The number of aliphatic carboxylic acids is 1. The van der Waals surface area contributed by atoms with E-state index in [1.165, 1.54) is 6.08 Å². The summed E-state index contributed by atoms with van der Waals surface area (Å²) < 4.78 is 41.4. The molecule has 1 saturated heterocycles. The normalized spacial score (nSPS) is 27.6. The zero-order chi connectivity index (χ0) is 24.3. The average molecular weight is 473 g/mol. The van der Waals surface area contributed by atoms with Crippen LogP contribution in [0.2, 0.25) is 0 Å². The van der Waals surface area contributed by atoms with E-state index in [0.717, 1.165) is 25.3 Å². The minimum absolute atomic E-state index is 0.0518. The van der Waals surface area contributed by atoms with Crippen molar-refractivity contribution < 1.29 is 38.1 Å². The molecule has 2 rings (SSSR count). The third kappa shape index (κ3) is 9.26. The number of halogens is 2. The molecule has 0 aromatic carbocycles. The van der Waals surface area contributed by atoms with Crippen LogP contribution >= 0.6 is 0 Å². The van der Waals surface area contributed by atoms with E-state index in [1.54, 1.807) is 6.08 Å². The van der Waals surface area contributed by atoms with Crippen molar-refractivity contribution in [2.45, 2.75) is 102 Å². The van der Waals surface area contributed by atoms with Crippen LogP contribution in [0.15, 0.2) is 24.3 Å². The molecule has 2 unspecified atom stereocenters. The summed E-state index contributed by atoms with van der Waals surface area (Å²) in [5.41, 5.74) is 0. The number of hydrogen-bond donors (Lipinski definition) is 2. The number of aliphatic hydroxyl groups excluding tert-OH is 1. The van der Waals surface area contributed by atoms with Crippen molar-refractivity contribution >= 4 is 11.8 Å². The van der Waals surface area contributed by atoms with Gasteiger partial charge in [0.15, 0.2) is 6.29 Å². The maximum atomic E-state index is 15.1. The van der Waals surface area contributed by atoms with Crippen molar-refractivity contribution in [3.05, 3.63) is 24.3 Å². The van der Waals surface area contributed by atoms with Gasteiger partial charge in [-0.1, -0.05) is 38.0 Å². The Bertz CT molecular complexity index is 672. The molecule has 0 aromatic heterocycles. The Kier molecular flexibility index (Phi) is 11.6. The van der Waals surface area contributed by atoms with Crippen LogP contribution in [0, 0.1) is 11.8 Å². The molecule has 5 atom stereocenters. The zero-order valence-corrected chi connectivity index (χ0v) is 19.5. The summed E-state index contributed by atoms with van der Waals surface area (Å²) in [6.07, 6.45) is 8.16. The Labute approximate surface area is 195 Å². The van der Waals surface area contributed by atoms with Crippen LogP contribution in [0.1, 0.15) is 77.6 Å². The summed E-state index contributed by atoms with van der Waals surface area (Å²) in [5, 5.41) is 18.9. The maximum absolute atomic E-state index is 15.1. The molecule has 2 aliphatic rings. The highest BCUT2D eigenvalue weighted by Crippen LogP contribution is 2.36. The summed E-state index contributed by atoms with van der Waals surface area (Å²) in [6.45, 7) is 2.44. The molecule has 0 aromatic rings. The predicted octanol–water partition coefficient (Wildman–Crippen LogP) is 5.05. The van der Waals surface area contributed by atoms with Gasteiger partial charge in [-0.15, -0.1) is 0 Å². The summed E-state index contributed by atoms with van der Waals surface area (Å²) in [4.78, 5) is 22.9. The molecule has 0 bridgehead atoms. The minimum atomic E-state index is -3.26. The lowest BCUT2D eigenvalue weighted by atomic mass is 9.89. The number of aliphatic hydroxyl groups is 1. The predicted molar refractivity (Wildman–Crippen MR) is 120 cm³/mol. The highest BCUT2D eigenvalue weighted by atomic mass is 19.3. The van der Waals surface area contributed by atoms with Crippen molar-refractivity contribution in [1.29, 1.82) is 0 Å². The number of allylic oxidation sites excluding steroid dienone is 3. The molecular formula is C25H38F2O6. The SMILES string of the molecule is CCCCC(OC1CCCCO1)C(F)(F)C=C[C@H]1C(=O)C[C@H](O)[C@@H]1CC=CCCCC(=O)O. The molecule has 2 N–H and O–H groups in total. The molecule has 8 heteroatoms. The number of carboxylic acid groups (broad SMARTS) is 1. The Hall–Kier alpha value is -1.64. The fraction of sp³-hybridized carbons (Fsp3) is 0.760. The van der Waals surface area contributed by atoms with Crippen molar-refractivity contribution in [2.24, 2.45) is 11.8 Å². The molecule has 2 fully saturated rings. The average Bonchev–Trinajstić information content (AvgIpc) is 3.04. The van der Waals surface area contributed by atoms with Gasteiger partial charge in [0.1, 0.15) is 11.9 Å². The lowest BCUT2D eigenvalue weighted by Crippen LogP contribution is -2.39. The lowest BCUT2D eigenvalue weighted by molar-refractivity contribution is -0.229. The molecule has 33 heavy (non-hydrogen) atoms. The van der Waals surface area contributed by atoms with Crippen LogP contribution in [0.4, 0.5) is 8.78 Å². The van der Waals surface area contributed by atoms with E-state index < -0.39 is 42.2 Å². The van der Waals surface area contributed by atoms with Gasteiger partial charge in [0.05, 0.1) is 6.10 Å². The number of hydrogen-bond acceptors (Lipinski definition) is 5. The highest BCUT2D eigenvalue weighted by molar-refractivity contribution is 5.86. The van der Waals surface area contributed by atoms with E-state index in [-0.39, 0.29) is 25.0 Å². The number of carbonyl (C=O) groups excluding carboxylic acids is 1. The Morgan fingerprint density at radius 3 is 2.76 bits per heavy atom. The first kappa shape index (κ1) is 27.6. The second kappa shape index (κ2) is 13.9. The van der Waals surface area contributed by atoms with Gasteiger partial charge in [0.2, 0.25) is 0 Å². The van der Waals surface area contributed by atoms with Gasteiger partial charge in [-0.3, -0.25) is 9.59 Å². The molecule has 0 amide bonds. The van der Waals surface area contributed by atoms with Crippen molar-refractivity contribution in [3.63, 3.8) is 0 Å². The molecule has 1 heterocycles. The van der Waals surface area contributed by atoms with Gasteiger partial charge in [-0.25, -0.2) is 0 Å². The second-order valence-corrected chi connectivity index (χ2v) is 9.02. The van der Waals surface area contributed by atoms with E-state index in [4.69, 9.17) is 14.6 Å². The second-order valence-electron chi connectivity index (χ2n) is 9.02. The van der Waals surface area contributed by atoms with Crippen LogP contribution in [0.25, 0.3) is 0 Å². The van der Waals surface area contributed by atoms with Gasteiger partial charge >= 0.3 is 5.97 Å². The smallest absolute Gasteiger partial charge is 0.303 e. The Morgan fingerprint density at radius 1 is 1.30 bits per heavy atom. The number of carbonyl (C=O) groups is 2. The van der Waals surface area contributed by atoms with Crippen molar-refractivity contribution in [1.82, 2.24) is 0 Å². The Morgan fingerprint density at radius 2 is 2.09 bits per heavy atom. The summed E-state index contributed by atoms with van der Waals surface area (Å²) in [5.74, 6) is -5.63. The fourth-order valence-electron chi connectivity index (χ4n) is 4.35. The fourth-order valence-corrected chi connectivity index (χ4v) is 4.35. The molecule has 6 nitrogen and oxygen atoms in total. The van der Waals surface area contributed by atoms with E-state index in [9.17, 15) is 14.7 Å². The maximum Gasteiger partial charge on any atom is 0.303 e. The summed E-state index contributed by atoms with van der Waals surface area (Å²) in [6, 6.07) is 0. The largest absolute Gasteiger partial charge is 0.481 e. The zero-order valence-electron chi connectivity index (χ0n) is 19.5. The number of alkyl halides is 2. The quantitative estimate of drug-likeness (QED) is 0.272.